The number of carbonyl (C=O) groups is 3. The predicted octanol–water partition coefficient (Wildman–Crippen LogP) is -2.02. The molecule has 13 heteroatoms. The lowest BCUT2D eigenvalue weighted by molar-refractivity contribution is -0.170. The molecule has 0 unspecified atom stereocenters. The molecule has 0 atom stereocenters. The van der Waals surface area contributed by atoms with E-state index < -0.39 is 44.2 Å². The molecular formula is C6H14NO11P. The molecule has 0 aromatic heterocycles. The second kappa shape index (κ2) is 8.53. The maximum atomic E-state index is 10.3. The molecule has 19 heavy (non-hydrogen) atoms. The maximum absolute atomic E-state index is 10.3. The van der Waals surface area contributed by atoms with Crippen LogP contribution in [0, 0.1) is 0 Å². The lowest BCUT2D eigenvalue weighted by atomic mass is 9.96. The van der Waals surface area contributed by atoms with Crippen LogP contribution in [0.25, 0.3) is 0 Å². The third-order valence-corrected chi connectivity index (χ3v) is 1.29. The second-order valence-corrected chi connectivity index (χ2v) is 4.02. The summed E-state index contributed by atoms with van der Waals surface area (Å²) in [5.74, 6) is -5.02. The van der Waals surface area contributed by atoms with Gasteiger partial charge in [-0.25, -0.2) is 9.36 Å². The van der Waals surface area contributed by atoms with Gasteiger partial charge < -0.3 is 41.3 Å². The molecule has 12 nitrogen and oxygen atoms in total. The highest BCUT2D eigenvalue weighted by Gasteiger charge is 2.40. The van der Waals surface area contributed by atoms with Gasteiger partial charge in [-0.3, -0.25) is 9.59 Å². The predicted molar refractivity (Wildman–Crippen MR) is 56.4 cm³/mol. The van der Waals surface area contributed by atoms with Gasteiger partial charge in [0.2, 0.25) is 0 Å². The first-order chi connectivity index (χ1) is 7.78. The van der Waals surface area contributed by atoms with Gasteiger partial charge in [-0.1, -0.05) is 0 Å². The first-order valence-electron chi connectivity index (χ1n) is 3.95. The highest BCUT2D eigenvalue weighted by Crippen LogP contribution is 2.25. The topological polar surface area (TPSA) is 245 Å². The SMILES string of the molecule is N.O=C(O)CC(O)(CC(=O)O)C(=O)O.O=P(O)(O)O. The van der Waals surface area contributed by atoms with Gasteiger partial charge in [0.05, 0.1) is 12.8 Å². The number of aliphatic hydroxyl groups is 1. The van der Waals surface area contributed by atoms with Crippen molar-refractivity contribution in [2.75, 3.05) is 0 Å². The average Bonchev–Trinajstić information content (AvgIpc) is 1.95. The van der Waals surface area contributed by atoms with Crippen LogP contribution in [0.4, 0.5) is 0 Å². The van der Waals surface area contributed by atoms with Gasteiger partial charge in [0.25, 0.3) is 0 Å². The molecule has 0 aliphatic carbocycles. The Morgan fingerprint density at radius 2 is 1.11 bits per heavy atom. The van der Waals surface area contributed by atoms with Gasteiger partial charge in [-0.15, -0.1) is 0 Å². The molecule has 0 saturated heterocycles. The van der Waals surface area contributed by atoms with E-state index in [2.05, 4.69) is 0 Å². The molecule has 0 aromatic carbocycles. The molecular weight excluding hydrogens is 293 g/mol. The molecule has 0 bridgehead atoms. The fourth-order valence-corrected chi connectivity index (χ4v) is 0.714. The summed E-state index contributed by atoms with van der Waals surface area (Å²) in [5, 5.41) is 33.8. The van der Waals surface area contributed by atoms with E-state index in [-0.39, 0.29) is 6.15 Å². The monoisotopic (exact) mass is 307 g/mol. The molecule has 0 aliphatic rings. The summed E-state index contributed by atoms with van der Waals surface area (Å²) >= 11 is 0. The third-order valence-electron chi connectivity index (χ3n) is 1.29. The minimum Gasteiger partial charge on any atom is -0.481 e. The largest absolute Gasteiger partial charge is 0.481 e. The summed E-state index contributed by atoms with van der Waals surface area (Å²) < 4.78 is 8.88. The van der Waals surface area contributed by atoms with Crippen molar-refractivity contribution in [2.24, 2.45) is 0 Å². The summed E-state index contributed by atoms with van der Waals surface area (Å²) in [6, 6.07) is 0. The van der Waals surface area contributed by atoms with Gasteiger partial charge in [-0.05, 0) is 0 Å². The van der Waals surface area contributed by atoms with Crippen LogP contribution < -0.4 is 6.15 Å². The Labute approximate surface area is 105 Å². The highest BCUT2D eigenvalue weighted by atomic mass is 31.2. The lowest BCUT2D eigenvalue weighted by Gasteiger charge is -2.18. The Kier molecular flexibility index (Phi) is 10.1. The Hall–Kier alpha value is -1.56. The Balaban J connectivity index is -0.000000366. The summed E-state index contributed by atoms with van der Waals surface area (Å²) in [7, 11) is -4.64. The van der Waals surface area contributed by atoms with Crippen LogP contribution in [0.3, 0.4) is 0 Å². The summed E-state index contributed by atoms with van der Waals surface area (Å²) in [4.78, 5) is 52.0. The van der Waals surface area contributed by atoms with Crippen molar-refractivity contribution in [2.45, 2.75) is 18.4 Å². The standard InChI is InChI=1S/C6H8O7.H3N.H3O4P/c7-3(8)1-6(13,5(11)12)2-4(9)10;;1-5(2,3)4/h13H,1-2H2,(H,7,8)(H,9,10)(H,11,12);1H3;(H3,1,2,3,4). The second-order valence-electron chi connectivity index (χ2n) is 2.99. The van der Waals surface area contributed by atoms with Crippen LogP contribution in [0.1, 0.15) is 12.8 Å². The number of hydrogen-bond acceptors (Lipinski definition) is 6. The van der Waals surface area contributed by atoms with E-state index in [0.29, 0.717) is 0 Å². The number of rotatable bonds is 5. The third kappa shape index (κ3) is 16.4. The number of aliphatic carboxylic acids is 3. The quantitative estimate of drug-likeness (QED) is 0.256. The molecule has 0 aliphatic heterocycles. The van der Waals surface area contributed by atoms with Gasteiger partial charge in [0.1, 0.15) is 0 Å². The minimum absolute atomic E-state index is 0. The van der Waals surface area contributed by atoms with Crippen molar-refractivity contribution >= 4 is 25.7 Å². The number of carboxylic acid groups (broad SMARTS) is 3. The molecule has 0 radical (unpaired) electrons. The minimum atomic E-state index is -4.64. The number of phosphoric acid groups is 1. The zero-order valence-corrected chi connectivity index (χ0v) is 10.2. The van der Waals surface area contributed by atoms with Gasteiger partial charge in [0.15, 0.2) is 5.60 Å². The Bertz CT molecular complexity index is 349. The normalized spacial score (nSPS) is 10.5. The number of hydrogen-bond donors (Lipinski definition) is 8. The molecule has 114 valence electrons. The van der Waals surface area contributed by atoms with E-state index in [0.717, 1.165) is 0 Å². The fourth-order valence-electron chi connectivity index (χ4n) is 0.714. The van der Waals surface area contributed by atoms with Crippen molar-refractivity contribution in [3.05, 3.63) is 0 Å². The van der Waals surface area contributed by atoms with E-state index >= 15 is 0 Å². The lowest BCUT2D eigenvalue weighted by Crippen LogP contribution is -2.42. The van der Waals surface area contributed by atoms with Crippen molar-refractivity contribution in [1.82, 2.24) is 6.15 Å². The van der Waals surface area contributed by atoms with Gasteiger partial charge in [0, 0.05) is 0 Å². The van der Waals surface area contributed by atoms with Crippen molar-refractivity contribution in [3.8, 4) is 0 Å². The van der Waals surface area contributed by atoms with Crippen LogP contribution >= 0.6 is 7.82 Å². The van der Waals surface area contributed by atoms with Gasteiger partial charge in [-0.2, -0.15) is 0 Å². The highest BCUT2D eigenvalue weighted by molar-refractivity contribution is 7.45. The molecule has 0 aromatic rings. The van der Waals surface area contributed by atoms with Crippen LogP contribution in [0.2, 0.25) is 0 Å². The van der Waals surface area contributed by atoms with Crippen molar-refractivity contribution in [3.63, 3.8) is 0 Å². The van der Waals surface area contributed by atoms with E-state index in [1.54, 1.807) is 0 Å². The van der Waals surface area contributed by atoms with Crippen LogP contribution in [-0.4, -0.2) is 58.6 Å². The zero-order valence-electron chi connectivity index (χ0n) is 9.33. The molecule has 0 heterocycles. The van der Waals surface area contributed by atoms with Crippen molar-refractivity contribution in [1.29, 1.82) is 0 Å². The average molecular weight is 307 g/mol. The first kappa shape index (κ1) is 22.6. The van der Waals surface area contributed by atoms with Crippen LogP contribution in [0.15, 0.2) is 0 Å². The van der Waals surface area contributed by atoms with Crippen LogP contribution in [-0.2, 0) is 18.9 Å². The van der Waals surface area contributed by atoms with E-state index in [4.69, 9.17) is 39.7 Å². The zero-order chi connectivity index (χ0) is 15.1. The van der Waals surface area contributed by atoms with E-state index in [1.807, 2.05) is 0 Å². The molecule has 0 amide bonds. The van der Waals surface area contributed by atoms with Gasteiger partial charge >= 0.3 is 25.7 Å². The molecule has 0 rings (SSSR count). The van der Waals surface area contributed by atoms with Crippen LogP contribution in [0.5, 0.6) is 0 Å². The fraction of sp³-hybridized carbons (Fsp3) is 0.500. The molecule has 10 N–H and O–H groups in total. The summed E-state index contributed by atoms with van der Waals surface area (Å²) in [6.07, 6.45) is -2.29. The smallest absolute Gasteiger partial charge is 0.466 e. The van der Waals surface area contributed by atoms with Crippen molar-refractivity contribution < 1.29 is 54.1 Å². The molecule has 0 spiro atoms. The summed E-state index contributed by atoms with van der Waals surface area (Å²) in [6.45, 7) is 0. The van der Waals surface area contributed by atoms with E-state index in [9.17, 15) is 14.4 Å². The summed E-state index contributed by atoms with van der Waals surface area (Å²) in [5.41, 5.74) is -2.74. The Morgan fingerprint density at radius 3 is 1.21 bits per heavy atom. The number of carboxylic acids is 3. The molecule has 0 fully saturated rings. The molecule has 0 saturated carbocycles. The first-order valence-corrected chi connectivity index (χ1v) is 5.52. The Morgan fingerprint density at radius 1 is 0.895 bits per heavy atom. The van der Waals surface area contributed by atoms with E-state index in [1.165, 1.54) is 0 Å². The maximum Gasteiger partial charge on any atom is 0.466 e.